The molecule has 0 amide bonds. The fraction of sp³-hybridized carbons (Fsp3) is 1.00. The van der Waals surface area contributed by atoms with Crippen LogP contribution in [0.25, 0.3) is 0 Å². The van der Waals surface area contributed by atoms with E-state index in [1.54, 1.807) is 0 Å². The van der Waals surface area contributed by atoms with Crippen LogP contribution in [0.4, 0.5) is 0 Å². The lowest BCUT2D eigenvalue weighted by Crippen LogP contribution is -2.32. The van der Waals surface area contributed by atoms with Crippen molar-refractivity contribution in [3.05, 3.63) is 0 Å². The zero-order valence-corrected chi connectivity index (χ0v) is 7.44. The number of halogens is 1. The van der Waals surface area contributed by atoms with Gasteiger partial charge in [-0.25, -0.2) is 0 Å². The molecule has 0 aromatic rings. The summed E-state index contributed by atoms with van der Waals surface area (Å²) in [6.45, 7) is 2.73. The van der Waals surface area contributed by atoms with Crippen molar-refractivity contribution in [3.63, 3.8) is 0 Å². The summed E-state index contributed by atoms with van der Waals surface area (Å²) in [5, 5.41) is 12.4. The molecule has 2 fully saturated rings. The first-order chi connectivity index (χ1) is 4.90. The van der Waals surface area contributed by atoms with Gasteiger partial charge in [-0.3, -0.25) is 0 Å². The van der Waals surface area contributed by atoms with Gasteiger partial charge < -0.3 is 10.4 Å². The predicted octanol–water partition coefficient (Wildman–Crippen LogP) is 0.646. The highest BCUT2D eigenvalue weighted by molar-refractivity contribution is 5.85. The van der Waals surface area contributed by atoms with Crippen molar-refractivity contribution in [1.29, 1.82) is 0 Å². The number of rotatable bonds is 1. The van der Waals surface area contributed by atoms with Crippen LogP contribution in [0.5, 0.6) is 0 Å². The molecule has 0 unspecified atom stereocenters. The Morgan fingerprint density at radius 1 is 1.27 bits per heavy atom. The van der Waals surface area contributed by atoms with Crippen LogP contribution in [-0.4, -0.2) is 24.8 Å². The van der Waals surface area contributed by atoms with Gasteiger partial charge in [-0.2, -0.15) is 0 Å². The maximum atomic E-state index is 8.99. The zero-order valence-electron chi connectivity index (χ0n) is 6.62. The Balaban J connectivity index is 0.000000605. The van der Waals surface area contributed by atoms with Crippen LogP contribution in [-0.2, 0) is 0 Å². The number of hydrogen-bond donors (Lipinski definition) is 2. The molecule has 0 aromatic carbocycles. The molecule has 11 heavy (non-hydrogen) atoms. The summed E-state index contributed by atoms with van der Waals surface area (Å²) in [4.78, 5) is 0. The molecule has 1 heterocycles. The normalized spacial score (nSPS) is 41.7. The molecule has 2 aliphatic rings. The van der Waals surface area contributed by atoms with E-state index >= 15 is 0 Å². The lowest BCUT2D eigenvalue weighted by atomic mass is 9.96. The van der Waals surface area contributed by atoms with Gasteiger partial charge in [0.2, 0.25) is 0 Å². The number of fused-ring (bicyclic) bond motifs is 2. The van der Waals surface area contributed by atoms with Gasteiger partial charge in [0.05, 0.1) is 0 Å². The summed E-state index contributed by atoms with van der Waals surface area (Å²) in [5.74, 6) is 2.26. The third kappa shape index (κ3) is 1.68. The topological polar surface area (TPSA) is 32.3 Å². The fourth-order valence-electron chi connectivity index (χ4n) is 2.45. The Kier molecular flexibility index (Phi) is 3.16. The van der Waals surface area contributed by atoms with Crippen molar-refractivity contribution in [2.24, 2.45) is 17.8 Å². The van der Waals surface area contributed by atoms with E-state index in [9.17, 15) is 0 Å². The van der Waals surface area contributed by atoms with Gasteiger partial charge in [0.15, 0.2) is 0 Å². The van der Waals surface area contributed by atoms with Crippen molar-refractivity contribution in [3.8, 4) is 0 Å². The maximum Gasteiger partial charge on any atom is 0.0462 e. The van der Waals surface area contributed by atoms with E-state index in [2.05, 4.69) is 5.32 Å². The van der Waals surface area contributed by atoms with Crippen molar-refractivity contribution in [2.75, 3.05) is 19.7 Å². The van der Waals surface area contributed by atoms with Gasteiger partial charge >= 0.3 is 0 Å². The average Bonchev–Trinajstić information content (AvgIpc) is 2.26. The highest BCUT2D eigenvalue weighted by Crippen LogP contribution is 2.37. The second kappa shape index (κ2) is 3.74. The Morgan fingerprint density at radius 2 is 2.09 bits per heavy atom. The van der Waals surface area contributed by atoms with E-state index < -0.39 is 0 Å². The summed E-state index contributed by atoms with van der Waals surface area (Å²) in [6, 6.07) is 0. The van der Waals surface area contributed by atoms with Gasteiger partial charge in [0, 0.05) is 6.61 Å². The number of piperidine rings is 1. The van der Waals surface area contributed by atoms with Gasteiger partial charge in [-0.15, -0.1) is 12.4 Å². The van der Waals surface area contributed by atoms with E-state index in [0.29, 0.717) is 12.5 Å². The summed E-state index contributed by atoms with van der Waals surface area (Å²) in [5.41, 5.74) is 0. The summed E-state index contributed by atoms with van der Waals surface area (Å²) < 4.78 is 0. The predicted molar refractivity (Wildman–Crippen MR) is 46.9 cm³/mol. The summed E-state index contributed by atoms with van der Waals surface area (Å²) in [6.07, 6.45) is 2.62. The molecule has 1 aliphatic carbocycles. The van der Waals surface area contributed by atoms with E-state index in [0.717, 1.165) is 18.4 Å². The molecule has 2 bridgehead atoms. The lowest BCUT2D eigenvalue weighted by molar-refractivity contribution is 0.195. The molecular formula is C8H16ClNO. The van der Waals surface area contributed by atoms with Crippen molar-refractivity contribution in [1.82, 2.24) is 5.32 Å². The number of aliphatic hydroxyl groups is 1. The molecule has 0 aromatic heterocycles. The molecule has 2 N–H and O–H groups in total. The molecule has 1 aliphatic heterocycles. The number of aliphatic hydroxyl groups excluding tert-OH is 1. The standard InChI is InChI=1S/C8H15NO.ClH/c10-5-8-2-6-1-7(8)4-9-3-6;/h6-10H,1-5H2;1H/t6-,7-,8+;/m0./s1. The summed E-state index contributed by atoms with van der Waals surface area (Å²) in [7, 11) is 0. The van der Waals surface area contributed by atoms with Crippen molar-refractivity contribution >= 4 is 12.4 Å². The molecule has 66 valence electrons. The fourth-order valence-corrected chi connectivity index (χ4v) is 2.45. The Labute approximate surface area is 73.8 Å². The lowest BCUT2D eigenvalue weighted by Gasteiger charge is -2.20. The molecule has 3 atom stereocenters. The summed E-state index contributed by atoms with van der Waals surface area (Å²) >= 11 is 0. The first-order valence-corrected chi connectivity index (χ1v) is 4.21. The molecule has 1 saturated heterocycles. The van der Waals surface area contributed by atoms with E-state index in [1.165, 1.54) is 19.4 Å². The highest BCUT2D eigenvalue weighted by Gasteiger charge is 2.36. The second-order valence-electron chi connectivity index (χ2n) is 3.70. The maximum absolute atomic E-state index is 8.99. The zero-order chi connectivity index (χ0) is 6.97. The molecule has 0 spiro atoms. The number of hydrogen-bond acceptors (Lipinski definition) is 2. The van der Waals surface area contributed by atoms with Crippen molar-refractivity contribution < 1.29 is 5.11 Å². The Bertz CT molecular complexity index is 131. The Hall–Kier alpha value is 0.210. The minimum absolute atomic E-state index is 0. The minimum atomic E-state index is 0. The molecular weight excluding hydrogens is 162 g/mol. The Morgan fingerprint density at radius 3 is 2.73 bits per heavy atom. The largest absolute Gasteiger partial charge is 0.396 e. The smallest absolute Gasteiger partial charge is 0.0462 e. The van der Waals surface area contributed by atoms with E-state index in [4.69, 9.17) is 5.11 Å². The van der Waals surface area contributed by atoms with Crippen LogP contribution in [0.1, 0.15) is 12.8 Å². The minimum Gasteiger partial charge on any atom is -0.396 e. The second-order valence-corrected chi connectivity index (χ2v) is 3.70. The van der Waals surface area contributed by atoms with Crippen LogP contribution < -0.4 is 5.32 Å². The van der Waals surface area contributed by atoms with Crippen LogP contribution in [0.3, 0.4) is 0 Å². The van der Waals surface area contributed by atoms with Crippen molar-refractivity contribution in [2.45, 2.75) is 12.8 Å². The molecule has 2 nitrogen and oxygen atoms in total. The molecule has 0 radical (unpaired) electrons. The molecule has 3 heteroatoms. The van der Waals surface area contributed by atoms with Gasteiger partial charge in [-0.05, 0) is 43.7 Å². The quantitative estimate of drug-likeness (QED) is 0.617. The van der Waals surface area contributed by atoms with Gasteiger partial charge in [0.25, 0.3) is 0 Å². The van der Waals surface area contributed by atoms with Crippen LogP contribution in [0.15, 0.2) is 0 Å². The molecule has 1 saturated carbocycles. The highest BCUT2D eigenvalue weighted by atomic mass is 35.5. The average molecular weight is 178 g/mol. The van der Waals surface area contributed by atoms with E-state index in [-0.39, 0.29) is 12.4 Å². The van der Waals surface area contributed by atoms with E-state index in [1.807, 2.05) is 0 Å². The van der Waals surface area contributed by atoms with Crippen LogP contribution >= 0.6 is 12.4 Å². The van der Waals surface area contributed by atoms with Crippen LogP contribution in [0, 0.1) is 17.8 Å². The van der Waals surface area contributed by atoms with Gasteiger partial charge in [0.1, 0.15) is 0 Å². The SMILES string of the molecule is Cl.OC[C@H]1C[C@H]2CNC[C@@H]1C2. The third-order valence-electron chi connectivity index (χ3n) is 3.01. The van der Waals surface area contributed by atoms with Crippen LogP contribution in [0.2, 0.25) is 0 Å². The van der Waals surface area contributed by atoms with Gasteiger partial charge in [-0.1, -0.05) is 0 Å². The monoisotopic (exact) mass is 177 g/mol. The molecule has 2 rings (SSSR count). The first kappa shape index (κ1) is 9.30. The number of nitrogens with one attached hydrogen (secondary N) is 1. The third-order valence-corrected chi connectivity index (χ3v) is 3.01. The first-order valence-electron chi connectivity index (χ1n) is 4.21.